The molecule has 0 saturated carbocycles. The molecule has 3 nitrogen and oxygen atoms in total. The molecule has 2 rings (SSSR count). The normalized spacial score (nSPS) is 18.4. The first kappa shape index (κ1) is 19.5. The Labute approximate surface area is 151 Å². The maximum Gasteiger partial charge on any atom is 0.458 e. The van der Waals surface area contributed by atoms with Crippen molar-refractivity contribution >= 4 is 13.2 Å². The molecule has 134 valence electrons. The smallest absolute Gasteiger partial charge is 0.458 e. The van der Waals surface area contributed by atoms with Crippen LogP contribution < -0.4 is 0 Å². The van der Waals surface area contributed by atoms with Crippen LogP contribution in [0.5, 0.6) is 5.75 Å². The van der Waals surface area contributed by atoms with Gasteiger partial charge < -0.3 is 14.8 Å². The summed E-state index contributed by atoms with van der Waals surface area (Å²) in [6, 6.07) is 7.23. The molecule has 1 unspecified atom stereocenters. The van der Waals surface area contributed by atoms with E-state index < -0.39 is 7.12 Å². The zero-order chi connectivity index (χ0) is 18.4. The molecule has 1 aromatic rings. The van der Waals surface area contributed by atoms with Crippen LogP contribution in [-0.4, -0.2) is 23.4 Å². The Balaban J connectivity index is 2.07. The van der Waals surface area contributed by atoms with Gasteiger partial charge in [-0.1, -0.05) is 57.2 Å². The predicted octanol–water partition coefficient (Wildman–Crippen LogP) is 4.98. The number of phenolic OH excluding ortho intramolecular Hbond substituents is 1. The van der Waals surface area contributed by atoms with Crippen molar-refractivity contribution in [1.29, 1.82) is 0 Å². The summed E-state index contributed by atoms with van der Waals surface area (Å²) in [4.78, 5) is 0. The first-order chi connectivity index (χ1) is 11.9. The van der Waals surface area contributed by atoms with Crippen molar-refractivity contribution in [3.8, 4) is 5.75 Å². The van der Waals surface area contributed by atoms with Crippen LogP contribution in [0.1, 0.15) is 45.6 Å². The Morgan fingerprint density at radius 3 is 2.64 bits per heavy atom. The van der Waals surface area contributed by atoms with Crippen molar-refractivity contribution in [2.45, 2.75) is 52.5 Å². The highest BCUT2D eigenvalue weighted by molar-refractivity contribution is 6.43. The summed E-state index contributed by atoms with van der Waals surface area (Å²) in [6.45, 7) is 10.6. The summed E-state index contributed by atoms with van der Waals surface area (Å²) >= 11 is 0. The van der Waals surface area contributed by atoms with Crippen LogP contribution >= 0.6 is 0 Å². The van der Waals surface area contributed by atoms with E-state index in [0.717, 1.165) is 36.0 Å². The van der Waals surface area contributed by atoms with E-state index in [9.17, 15) is 10.1 Å². The zero-order valence-corrected chi connectivity index (χ0v) is 15.5. The molecule has 0 aliphatic carbocycles. The fourth-order valence-corrected chi connectivity index (χ4v) is 3.05. The van der Waals surface area contributed by atoms with Crippen LogP contribution in [0.4, 0.5) is 0 Å². The average molecular weight is 340 g/mol. The molecule has 4 heteroatoms. The quantitative estimate of drug-likeness (QED) is 0.688. The lowest BCUT2D eigenvalue weighted by molar-refractivity contribution is 0.182. The summed E-state index contributed by atoms with van der Waals surface area (Å²) in [7, 11) is -0.722. The fourth-order valence-electron chi connectivity index (χ4n) is 3.05. The maximum atomic E-state index is 9.87. The molecule has 0 saturated heterocycles. The van der Waals surface area contributed by atoms with E-state index in [1.807, 2.05) is 12.1 Å². The number of phenols is 1. The van der Waals surface area contributed by atoms with Gasteiger partial charge in [0.05, 0.1) is 6.10 Å². The standard InChI is InChI=1S/C21H29BO3/c1-5-17(14-18-6-9-19(23)10-7-18)8-11-21-20(16(4)15(2)3)12-13-22(24)25-21/h6-7,9-10,12,14-15,21,23-24H,4-5,8,11,13H2,1-3H3/b17-14+. The highest BCUT2D eigenvalue weighted by Crippen LogP contribution is 2.31. The van der Waals surface area contributed by atoms with Crippen molar-refractivity contribution < 1.29 is 14.8 Å². The number of allylic oxidation sites excluding steroid dienone is 2. The highest BCUT2D eigenvalue weighted by Gasteiger charge is 2.28. The minimum Gasteiger partial charge on any atom is -0.508 e. The van der Waals surface area contributed by atoms with Crippen LogP contribution in [0.2, 0.25) is 6.32 Å². The number of aromatic hydroxyl groups is 1. The van der Waals surface area contributed by atoms with E-state index in [4.69, 9.17) is 4.65 Å². The number of hydrogen-bond acceptors (Lipinski definition) is 3. The Morgan fingerprint density at radius 1 is 1.36 bits per heavy atom. The summed E-state index contributed by atoms with van der Waals surface area (Å²) in [5, 5.41) is 19.3. The van der Waals surface area contributed by atoms with Crippen molar-refractivity contribution in [3.63, 3.8) is 0 Å². The maximum absolute atomic E-state index is 9.87. The van der Waals surface area contributed by atoms with Crippen LogP contribution in [0.25, 0.3) is 6.08 Å². The van der Waals surface area contributed by atoms with E-state index in [0.29, 0.717) is 12.2 Å². The first-order valence-corrected chi connectivity index (χ1v) is 9.12. The second kappa shape index (κ2) is 9.07. The summed E-state index contributed by atoms with van der Waals surface area (Å²) in [6.07, 6.45) is 7.36. The van der Waals surface area contributed by atoms with Gasteiger partial charge in [-0.2, -0.15) is 0 Å². The minimum atomic E-state index is -0.722. The molecule has 1 atom stereocenters. The SMILES string of the molecule is C=C(C1=CCB(O)OC1CC/C(=C/c1ccc(O)cc1)CC)C(C)C. The van der Waals surface area contributed by atoms with Gasteiger partial charge >= 0.3 is 7.12 Å². The average Bonchev–Trinajstić information content (AvgIpc) is 2.59. The molecule has 0 amide bonds. The number of rotatable bonds is 7. The van der Waals surface area contributed by atoms with E-state index >= 15 is 0 Å². The molecule has 1 aromatic carbocycles. The first-order valence-electron chi connectivity index (χ1n) is 9.12. The second-order valence-electron chi connectivity index (χ2n) is 6.94. The Kier molecular flexibility index (Phi) is 7.09. The third-order valence-corrected chi connectivity index (χ3v) is 4.72. The van der Waals surface area contributed by atoms with Gasteiger partial charge in [0.2, 0.25) is 0 Å². The molecule has 0 bridgehead atoms. The molecule has 0 aromatic heterocycles. The van der Waals surface area contributed by atoms with Crippen LogP contribution in [0.3, 0.4) is 0 Å². The zero-order valence-electron chi connectivity index (χ0n) is 15.5. The molecule has 1 aliphatic heterocycles. The van der Waals surface area contributed by atoms with E-state index in [1.54, 1.807) is 12.1 Å². The minimum absolute atomic E-state index is 0.103. The third kappa shape index (κ3) is 5.62. The number of hydrogen-bond donors (Lipinski definition) is 2. The summed E-state index contributed by atoms with van der Waals surface area (Å²) < 4.78 is 5.80. The lowest BCUT2D eigenvalue weighted by Crippen LogP contribution is -2.32. The highest BCUT2D eigenvalue weighted by atomic mass is 16.5. The summed E-state index contributed by atoms with van der Waals surface area (Å²) in [5.41, 5.74) is 4.64. The Hall–Kier alpha value is -1.78. The van der Waals surface area contributed by atoms with Crippen molar-refractivity contribution in [2.75, 3.05) is 0 Å². The van der Waals surface area contributed by atoms with Gasteiger partial charge in [0.25, 0.3) is 0 Å². The molecule has 0 fully saturated rings. The lowest BCUT2D eigenvalue weighted by Gasteiger charge is -2.29. The molecule has 1 heterocycles. The lowest BCUT2D eigenvalue weighted by atomic mass is 9.76. The third-order valence-electron chi connectivity index (χ3n) is 4.72. The van der Waals surface area contributed by atoms with Crippen molar-refractivity contribution in [3.05, 3.63) is 59.2 Å². The predicted molar refractivity (Wildman–Crippen MR) is 105 cm³/mol. The summed E-state index contributed by atoms with van der Waals surface area (Å²) in [5.74, 6) is 0.646. The van der Waals surface area contributed by atoms with Gasteiger partial charge in [-0.05, 0) is 54.0 Å². The second-order valence-corrected chi connectivity index (χ2v) is 6.94. The molecule has 0 spiro atoms. The van der Waals surface area contributed by atoms with Gasteiger partial charge in [0, 0.05) is 6.32 Å². The Morgan fingerprint density at radius 2 is 2.04 bits per heavy atom. The topological polar surface area (TPSA) is 49.7 Å². The van der Waals surface area contributed by atoms with Crippen LogP contribution in [0.15, 0.2) is 53.6 Å². The Bertz CT molecular complexity index is 644. The monoisotopic (exact) mass is 340 g/mol. The van der Waals surface area contributed by atoms with E-state index in [-0.39, 0.29) is 11.9 Å². The van der Waals surface area contributed by atoms with Crippen molar-refractivity contribution in [2.24, 2.45) is 5.92 Å². The largest absolute Gasteiger partial charge is 0.508 e. The van der Waals surface area contributed by atoms with E-state index in [2.05, 4.69) is 39.5 Å². The molecule has 1 aliphatic rings. The molecule has 0 radical (unpaired) electrons. The molecular weight excluding hydrogens is 311 g/mol. The molecule has 2 N–H and O–H groups in total. The molecule has 25 heavy (non-hydrogen) atoms. The van der Waals surface area contributed by atoms with Gasteiger partial charge in [-0.15, -0.1) is 0 Å². The van der Waals surface area contributed by atoms with Gasteiger partial charge in [-0.25, -0.2) is 0 Å². The van der Waals surface area contributed by atoms with Crippen LogP contribution in [-0.2, 0) is 4.65 Å². The van der Waals surface area contributed by atoms with Crippen molar-refractivity contribution in [1.82, 2.24) is 0 Å². The van der Waals surface area contributed by atoms with Gasteiger partial charge in [0.15, 0.2) is 0 Å². The van der Waals surface area contributed by atoms with E-state index in [1.165, 1.54) is 5.57 Å². The fraction of sp³-hybridized carbons (Fsp3) is 0.429. The van der Waals surface area contributed by atoms with Crippen LogP contribution in [0, 0.1) is 5.92 Å². The van der Waals surface area contributed by atoms with Gasteiger partial charge in [-0.3, -0.25) is 0 Å². The van der Waals surface area contributed by atoms with Gasteiger partial charge in [0.1, 0.15) is 5.75 Å². The molecular formula is C21H29BO3. The number of benzene rings is 1.